The van der Waals surface area contributed by atoms with E-state index in [1.807, 2.05) is 6.92 Å². The molecule has 0 amide bonds. The Balaban J connectivity index is 2.11. The number of hydrogen-bond donors (Lipinski definition) is 1. The number of anilines is 1. The second kappa shape index (κ2) is 4.97. The molecule has 0 aromatic carbocycles. The summed E-state index contributed by atoms with van der Waals surface area (Å²) in [4.78, 5) is 10.4. The van der Waals surface area contributed by atoms with E-state index in [2.05, 4.69) is 14.9 Å². The van der Waals surface area contributed by atoms with E-state index in [-0.39, 0.29) is 6.61 Å². The van der Waals surface area contributed by atoms with Crippen molar-refractivity contribution in [3.8, 4) is 0 Å². The van der Waals surface area contributed by atoms with Crippen molar-refractivity contribution in [2.75, 3.05) is 24.6 Å². The molecule has 0 saturated carbocycles. The number of aliphatic hydroxyl groups is 1. The molecular formula is C11H16ClN3O. The summed E-state index contributed by atoms with van der Waals surface area (Å²) in [6, 6.07) is 0. The van der Waals surface area contributed by atoms with Crippen molar-refractivity contribution in [1.29, 1.82) is 0 Å². The molecule has 2 heterocycles. The largest absolute Gasteiger partial charge is 0.396 e. The lowest BCUT2D eigenvalue weighted by Gasteiger charge is -2.19. The van der Waals surface area contributed by atoms with Crippen LogP contribution in [-0.2, 0) is 0 Å². The van der Waals surface area contributed by atoms with Crippen LogP contribution in [0.4, 0.5) is 5.82 Å². The molecule has 0 radical (unpaired) electrons. The highest BCUT2D eigenvalue weighted by molar-refractivity contribution is 6.28. The van der Waals surface area contributed by atoms with Crippen LogP contribution < -0.4 is 4.90 Å². The van der Waals surface area contributed by atoms with E-state index in [1.54, 1.807) is 6.20 Å². The summed E-state index contributed by atoms with van der Waals surface area (Å²) < 4.78 is 0. The zero-order valence-corrected chi connectivity index (χ0v) is 10.1. The van der Waals surface area contributed by atoms with Crippen LogP contribution in [0.25, 0.3) is 0 Å². The summed E-state index contributed by atoms with van der Waals surface area (Å²) in [5.74, 6) is 1.50. The van der Waals surface area contributed by atoms with Gasteiger partial charge < -0.3 is 10.0 Å². The zero-order chi connectivity index (χ0) is 11.5. The molecule has 1 N–H and O–H groups in total. The van der Waals surface area contributed by atoms with Gasteiger partial charge in [0.25, 0.3) is 0 Å². The van der Waals surface area contributed by atoms with E-state index in [0.717, 1.165) is 37.3 Å². The van der Waals surface area contributed by atoms with Crippen molar-refractivity contribution >= 4 is 17.4 Å². The van der Waals surface area contributed by atoms with Gasteiger partial charge in [-0.1, -0.05) is 0 Å². The van der Waals surface area contributed by atoms with Gasteiger partial charge >= 0.3 is 0 Å². The number of rotatable bonds is 3. The third-order valence-corrected chi connectivity index (χ3v) is 3.22. The van der Waals surface area contributed by atoms with E-state index in [0.29, 0.717) is 11.2 Å². The van der Waals surface area contributed by atoms with Gasteiger partial charge in [0.2, 0.25) is 5.28 Å². The topological polar surface area (TPSA) is 49.2 Å². The van der Waals surface area contributed by atoms with Crippen LogP contribution in [0, 0.1) is 12.8 Å². The van der Waals surface area contributed by atoms with Crippen LogP contribution >= 0.6 is 11.6 Å². The lowest BCUT2D eigenvalue weighted by Crippen LogP contribution is -2.22. The first-order valence-electron chi connectivity index (χ1n) is 5.55. The lowest BCUT2D eigenvalue weighted by atomic mass is 10.1. The third-order valence-electron chi connectivity index (χ3n) is 3.04. The van der Waals surface area contributed by atoms with Crippen molar-refractivity contribution in [1.82, 2.24) is 9.97 Å². The number of halogens is 1. The molecule has 0 spiro atoms. The van der Waals surface area contributed by atoms with Crippen LogP contribution in [0.1, 0.15) is 18.4 Å². The fraction of sp³-hybridized carbons (Fsp3) is 0.636. The Hall–Kier alpha value is -0.870. The number of nitrogens with zero attached hydrogens (tertiary/aromatic N) is 3. The van der Waals surface area contributed by atoms with Crippen LogP contribution in [0.15, 0.2) is 6.20 Å². The number of aliphatic hydroxyl groups excluding tert-OH is 1. The Morgan fingerprint density at radius 3 is 3.19 bits per heavy atom. The predicted octanol–water partition coefficient (Wildman–Crippen LogP) is 1.65. The average Bonchev–Trinajstić information content (AvgIpc) is 2.71. The van der Waals surface area contributed by atoms with E-state index in [1.165, 1.54) is 0 Å². The van der Waals surface area contributed by atoms with Crippen LogP contribution in [0.3, 0.4) is 0 Å². The van der Waals surface area contributed by atoms with Gasteiger partial charge in [0.05, 0.1) is 0 Å². The quantitative estimate of drug-likeness (QED) is 0.818. The molecular weight excluding hydrogens is 226 g/mol. The average molecular weight is 242 g/mol. The molecule has 4 nitrogen and oxygen atoms in total. The van der Waals surface area contributed by atoms with E-state index >= 15 is 0 Å². The SMILES string of the molecule is Cc1cnc(Cl)nc1N1CCC(CCO)C1. The summed E-state index contributed by atoms with van der Waals surface area (Å²) in [6.07, 6.45) is 3.74. The molecule has 0 aliphatic carbocycles. The Labute approximate surface area is 100 Å². The predicted molar refractivity (Wildman–Crippen MR) is 63.8 cm³/mol. The fourth-order valence-electron chi connectivity index (χ4n) is 2.18. The maximum absolute atomic E-state index is 8.92. The second-order valence-electron chi connectivity index (χ2n) is 4.26. The molecule has 1 aliphatic rings. The van der Waals surface area contributed by atoms with Crippen molar-refractivity contribution in [2.45, 2.75) is 19.8 Å². The van der Waals surface area contributed by atoms with Crippen LogP contribution in [0.5, 0.6) is 0 Å². The smallest absolute Gasteiger partial charge is 0.224 e. The van der Waals surface area contributed by atoms with Crippen molar-refractivity contribution in [2.24, 2.45) is 5.92 Å². The van der Waals surface area contributed by atoms with E-state index in [9.17, 15) is 0 Å². The maximum Gasteiger partial charge on any atom is 0.224 e. The molecule has 1 aromatic heterocycles. The minimum Gasteiger partial charge on any atom is -0.396 e. The van der Waals surface area contributed by atoms with Gasteiger partial charge in [-0.3, -0.25) is 0 Å². The van der Waals surface area contributed by atoms with Gasteiger partial charge in [-0.25, -0.2) is 9.97 Å². The molecule has 5 heteroatoms. The van der Waals surface area contributed by atoms with Gasteiger partial charge in [0, 0.05) is 31.5 Å². The van der Waals surface area contributed by atoms with Crippen molar-refractivity contribution in [3.63, 3.8) is 0 Å². The minimum absolute atomic E-state index is 0.266. The van der Waals surface area contributed by atoms with E-state index < -0.39 is 0 Å². The molecule has 2 rings (SSSR count). The first-order valence-corrected chi connectivity index (χ1v) is 5.93. The van der Waals surface area contributed by atoms with Crippen molar-refractivity contribution in [3.05, 3.63) is 17.0 Å². The summed E-state index contributed by atoms with van der Waals surface area (Å²) in [7, 11) is 0. The van der Waals surface area contributed by atoms with Gasteiger partial charge in [0.15, 0.2) is 0 Å². The highest BCUT2D eigenvalue weighted by Crippen LogP contribution is 2.26. The highest BCUT2D eigenvalue weighted by atomic mass is 35.5. The molecule has 0 bridgehead atoms. The first-order chi connectivity index (χ1) is 7.70. The summed E-state index contributed by atoms with van der Waals surface area (Å²) >= 11 is 5.80. The Bertz CT molecular complexity index is 372. The summed E-state index contributed by atoms with van der Waals surface area (Å²) in [6.45, 7) is 4.20. The summed E-state index contributed by atoms with van der Waals surface area (Å²) in [5, 5.41) is 9.21. The van der Waals surface area contributed by atoms with E-state index in [4.69, 9.17) is 16.7 Å². The standard InChI is InChI=1S/C11H16ClN3O/c1-8-6-13-11(12)14-10(8)15-4-2-9(7-15)3-5-16/h6,9,16H,2-5,7H2,1H3. The molecule has 1 aliphatic heterocycles. The molecule has 1 atom stereocenters. The monoisotopic (exact) mass is 241 g/mol. The lowest BCUT2D eigenvalue weighted by molar-refractivity contribution is 0.263. The fourth-order valence-corrected chi connectivity index (χ4v) is 2.30. The van der Waals surface area contributed by atoms with Gasteiger partial charge in [-0.15, -0.1) is 0 Å². The van der Waals surface area contributed by atoms with Gasteiger partial charge in [0.1, 0.15) is 5.82 Å². The molecule has 88 valence electrons. The second-order valence-corrected chi connectivity index (χ2v) is 4.60. The molecule has 1 fully saturated rings. The summed E-state index contributed by atoms with van der Waals surface area (Å²) in [5.41, 5.74) is 1.05. The van der Waals surface area contributed by atoms with Gasteiger partial charge in [-0.05, 0) is 37.3 Å². The molecule has 1 aromatic rings. The third kappa shape index (κ3) is 2.44. The zero-order valence-electron chi connectivity index (χ0n) is 9.36. The Morgan fingerprint density at radius 1 is 1.62 bits per heavy atom. The Morgan fingerprint density at radius 2 is 2.44 bits per heavy atom. The minimum atomic E-state index is 0.266. The van der Waals surface area contributed by atoms with Crippen LogP contribution in [-0.4, -0.2) is 34.8 Å². The molecule has 1 unspecified atom stereocenters. The first kappa shape index (κ1) is 11.6. The van der Waals surface area contributed by atoms with Gasteiger partial charge in [-0.2, -0.15) is 0 Å². The number of aryl methyl sites for hydroxylation is 1. The Kier molecular flexibility index (Phi) is 3.61. The normalized spacial score (nSPS) is 20.4. The maximum atomic E-state index is 8.92. The number of hydrogen-bond acceptors (Lipinski definition) is 4. The molecule has 1 saturated heterocycles. The highest BCUT2D eigenvalue weighted by Gasteiger charge is 2.24. The van der Waals surface area contributed by atoms with Crippen LogP contribution in [0.2, 0.25) is 5.28 Å². The molecule has 16 heavy (non-hydrogen) atoms. The number of aromatic nitrogens is 2. The van der Waals surface area contributed by atoms with Crippen molar-refractivity contribution < 1.29 is 5.11 Å².